The third kappa shape index (κ3) is 1.77. The van der Waals surface area contributed by atoms with Crippen molar-refractivity contribution in [3.63, 3.8) is 0 Å². The SMILES string of the molecule is O=C(N(F)F)C(F)(F)C(F)(F)F. The maximum atomic E-state index is 11.6. The molecular weight excluding hydrogens is 199 g/mol. The summed E-state index contributed by atoms with van der Waals surface area (Å²) in [5, 5.41) is -2.81. The van der Waals surface area contributed by atoms with E-state index < -0.39 is 23.4 Å². The highest BCUT2D eigenvalue weighted by molar-refractivity contribution is 5.82. The third-order valence-electron chi connectivity index (χ3n) is 0.778. The van der Waals surface area contributed by atoms with Crippen LogP contribution in [0.1, 0.15) is 0 Å². The van der Waals surface area contributed by atoms with Gasteiger partial charge in [-0.3, -0.25) is 4.79 Å². The molecule has 0 heterocycles. The number of rotatable bonds is 1. The molecule has 2 nitrogen and oxygen atoms in total. The number of amides is 1. The van der Waals surface area contributed by atoms with Crippen molar-refractivity contribution in [2.24, 2.45) is 0 Å². The Balaban J connectivity index is 4.74. The summed E-state index contributed by atoms with van der Waals surface area (Å²) in [6.45, 7) is 0. The topological polar surface area (TPSA) is 20.3 Å². The van der Waals surface area contributed by atoms with Crippen LogP contribution >= 0.6 is 0 Å². The van der Waals surface area contributed by atoms with Crippen molar-refractivity contribution < 1.29 is 35.7 Å². The van der Waals surface area contributed by atoms with Gasteiger partial charge in [0.15, 0.2) is 0 Å². The smallest absolute Gasteiger partial charge is 0.262 e. The Morgan fingerprint density at radius 2 is 1.33 bits per heavy atom. The summed E-state index contributed by atoms with van der Waals surface area (Å²) in [5.41, 5.74) is 0. The lowest BCUT2D eigenvalue weighted by Crippen LogP contribution is -2.47. The molecule has 0 atom stereocenters. The van der Waals surface area contributed by atoms with Gasteiger partial charge >= 0.3 is 18.0 Å². The molecule has 0 aliphatic carbocycles. The van der Waals surface area contributed by atoms with Gasteiger partial charge in [0.25, 0.3) is 0 Å². The average Bonchev–Trinajstić information content (AvgIpc) is 1.83. The molecule has 0 saturated heterocycles. The van der Waals surface area contributed by atoms with Crippen LogP contribution in [0.25, 0.3) is 0 Å². The Kier molecular flexibility index (Phi) is 2.55. The highest BCUT2D eigenvalue weighted by atomic mass is 19.4. The summed E-state index contributed by atoms with van der Waals surface area (Å²) in [7, 11) is 0. The van der Waals surface area contributed by atoms with E-state index in [1.165, 1.54) is 0 Å². The van der Waals surface area contributed by atoms with E-state index in [2.05, 4.69) is 0 Å². The maximum absolute atomic E-state index is 11.6. The molecule has 0 aromatic rings. The highest BCUT2D eigenvalue weighted by Gasteiger charge is 2.65. The zero-order valence-electron chi connectivity index (χ0n) is 5.00. The predicted octanol–water partition coefficient (Wildman–Crippen LogP) is 1.78. The van der Waals surface area contributed by atoms with E-state index in [4.69, 9.17) is 0 Å². The van der Waals surface area contributed by atoms with Crippen molar-refractivity contribution in [3.05, 3.63) is 0 Å². The van der Waals surface area contributed by atoms with E-state index in [9.17, 15) is 35.7 Å². The largest absolute Gasteiger partial charge is 0.463 e. The highest BCUT2D eigenvalue weighted by Crippen LogP contribution is 2.36. The van der Waals surface area contributed by atoms with Gasteiger partial charge in [0, 0.05) is 5.34 Å². The van der Waals surface area contributed by atoms with Gasteiger partial charge in [-0.15, -0.1) is 0 Å². The van der Waals surface area contributed by atoms with Gasteiger partial charge in [-0.05, 0) is 0 Å². The zero-order chi connectivity index (χ0) is 10.2. The molecule has 9 heteroatoms. The van der Waals surface area contributed by atoms with Crippen molar-refractivity contribution >= 4 is 5.91 Å². The quantitative estimate of drug-likeness (QED) is 0.465. The summed E-state index contributed by atoms with van der Waals surface area (Å²) in [5.74, 6) is -9.65. The molecule has 0 aliphatic rings. The van der Waals surface area contributed by atoms with E-state index in [0.717, 1.165) is 0 Å². The lowest BCUT2D eigenvalue weighted by Gasteiger charge is -2.16. The third-order valence-corrected chi connectivity index (χ3v) is 0.778. The first-order chi connectivity index (χ1) is 5.10. The molecule has 0 spiro atoms. The van der Waals surface area contributed by atoms with Crippen LogP contribution in [0.3, 0.4) is 0 Å². The normalized spacial score (nSPS) is 12.9. The second-order valence-corrected chi connectivity index (χ2v) is 1.61. The van der Waals surface area contributed by atoms with Crippen LogP contribution in [-0.2, 0) is 4.79 Å². The van der Waals surface area contributed by atoms with Crippen LogP contribution in [0.2, 0.25) is 0 Å². The van der Waals surface area contributed by atoms with Gasteiger partial charge in [-0.25, -0.2) is 0 Å². The number of halogens is 7. The first-order valence-corrected chi connectivity index (χ1v) is 2.21. The average molecular weight is 199 g/mol. The van der Waals surface area contributed by atoms with Crippen molar-refractivity contribution in [2.75, 3.05) is 0 Å². The van der Waals surface area contributed by atoms with Crippen molar-refractivity contribution in [1.82, 2.24) is 5.34 Å². The molecular formula is C3F7NO. The number of carbonyl (C=O) groups is 1. The van der Waals surface area contributed by atoms with Gasteiger partial charge < -0.3 is 0 Å². The van der Waals surface area contributed by atoms with Crippen LogP contribution in [-0.4, -0.2) is 23.4 Å². The van der Waals surface area contributed by atoms with Gasteiger partial charge in [-0.1, -0.05) is 8.96 Å². The first kappa shape index (κ1) is 11.0. The van der Waals surface area contributed by atoms with Crippen molar-refractivity contribution in [2.45, 2.75) is 12.1 Å². The second kappa shape index (κ2) is 2.79. The van der Waals surface area contributed by atoms with E-state index in [-0.39, 0.29) is 0 Å². The molecule has 0 saturated carbocycles. The maximum Gasteiger partial charge on any atom is 0.463 e. The summed E-state index contributed by atoms with van der Waals surface area (Å²) in [6.07, 6.45) is -6.31. The summed E-state index contributed by atoms with van der Waals surface area (Å²) in [4.78, 5) is 9.52. The molecule has 1 amide bonds. The van der Waals surface area contributed by atoms with Gasteiger partial charge in [0.2, 0.25) is 0 Å². The van der Waals surface area contributed by atoms with Crippen LogP contribution in [0, 0.1) is 0 Å². The van der Waals surface area contributed by atoms with Crippen molar-refractivity contribution in [1.29, 1.82) is 0 Å². The fourth-order valence-corrected chi connectivity index (χ4v) is 0.227. The van der Waals surface area contributed by atoms with Crippen molar-refractivity contribution in [3.8, 4) is 0 Å². The molecule has 0 aliphatic heterocycles. The van der Waals surface area contributed by atoms with Gasteiger partial charge in [0.05, 0.1) is 0 Å². The molecule has 0 N–H and O–H groups in total. The van der Waals surface area contributed by atoms with E-state index in [1.807, 2.05) is 0 Å². The fourth-order valence-electron chi connectivity index (χ4n) is 0.227. The number of hydrogen-bond donors (Lipinski definition) is 0. The minimum absolute atomic E-state index is 2.81. The predicted molar refractivity (Wildman–Crippen MR) is 20.1 cm³/mol. The van der Waals surface area contributed by atoms with Crippen LogP contribution in [0.15, 0.2) is 0 Å². The Hall–Kier alpha value is -1.02. The molecule has 0 aromatic heterocycles. The Morgan fingerprint density at radius 1 is 1.00 bits per heavy atom. The van der Waals surface area contributed by atoms with Crippen LogP contribution < -0.4 is 0 Å². The van der Waals surface area contributed by atoms with E-state index >= 15 is 0 Å². The number of nitrogens with zero attached hydrogens (tertiary/aromatic N) is 1. The van der Waals surface area contributed by atoms with E-state index in [1.54, 1.807) is 0 Å². The standard InChI is InChI=1S/C3F7NO/c4-2(5,3(6,7)8)1(12)11(9)10. The lowest BCUT2D eigenvalue weighted by molar-refractivity contribution is -0.291. The molecule has 0 rings (SSSR count). The lowest BCUT2D eigenvalue weighted by atomic mass is 10.3. The van der Waals surface area contributed by atoms with Crippen LogP contribution in [0.5, 0.6) is 0 Å². The monoisotopic (exact) mass is 199 g/mol. The fraction of sp³-hybridized carbons (Fsp3) is 0.667. The minimum Gasteiger partial charge on any atom is -0.262 e. The van der Waals surface area contributed by atoms with Gasteiger partial charge in [-0.2, -0.15) is 22.0 Å². The Morgan fingerprint density at radius 3 is 1.42 bits per heavy atom. The minimum atomic E-state index is -6.31. The summed E-state index contributed by atoms with van der Waals surface area (Å²) >= 11 is 0. The van der Waals surface area contributed by atoms with Crippen LogP contribution in [0.4, 0.5) is 30.9 Å². The van der Waals surface area contributed by atoms with E-state index in [0.29, 0.717) is 0 Å². The Labute approximate surface area is 60.4 Å². The second-order valence-electron chi connectivity index (χ2n) is 1.61. The summed E-state index contributed by atoms with van der Waals surface area (Å²) < 4.78 is 78.4. The molecule has 0 radical (unpaired) electrons. The molecule has 72 valence electrons. The molecule has 0 bridgehead atoms. The number of alkyl halides is 5. The number of hydrogen-bond acceptors (Lipinski definition) is 1. The summed E-state index contributed by atoms with van der Waals surface area (Å²) in [6, 6.07) is 0. The molecule has 0 fully saturated rings. The first-order valence-electron chi connectivity index (χ1n) is 2.21. The van der Waals surface area contributed by atoms with Gasteiger partial charge in [0.1, 0.15) is 0 Å². The number of carbonyl (C=O) groups excluding carboxylic acids is 1. The Bertz CT molecular complexity index is 184. The zero-order valence-corrected chi connectivity index (χ0v) is 5.00. The molecule has 12 heavy (non-hydrogen) atoms. The molecule has 0 unspecified atom stereocenters. The molecule has 0 aromatic carbocycles.